The van der Waals surface area contributed by atoms with Crippen molar-refractivity contribution < 1.29 is 4.74 Å². The molecule has 5 nitrogen and oxygen atoms in total. The number of rotatable bonds is 5. The van der Waals surface area contributed by atoms with E-state index in [2.05, 4.69) is 40.2 Å². The van der Waals surface area contributed by atoms with E-state index in [-0.39, 0.29) is 5.56 Å². The van der Waals surface area contributed by atoms with Crippen LogP contribution in [0.25, 0.3) is 11.0 Å². The third-order valence-corrected chi connectivity index (χ3v) is 6.06. The van der Waals surface area contributed by atoms with Gasteiger partial charge in [0, 0.05) is 42.3 Å². The molecule has 0 bridgehead atoms. The van der Waals surface area contributed by atoms with Crippen LogP contribution in [0.15, 0.2) is 77.7 Å². The molecule has 5 heteroatoms. The molecule has 0 amide bonds. The second-order valence-corrected chi connectivity index (χ2v) is 7.98. The van der Waals surface area contributed by atoms with Crippen molar-refractivity contribution in [2.75, 3.05) is 13.7 Å². The van der Waals surface area contributed by atoms with Crippen LogP contribution in [0, 0.1) is 0 Å². The Balaban J connectivity index is 1.58. The Morgan fingerprint density at radius 2 is 1.74 bits per heavy atom. The number of hydrogen-bond acceptors (Lipinski definition) is 4. The molecule has 2 aromatic heterocycles. The Bertz CT molecular complexity index is 1280. The minimum Gasteiger partial charge on any atom is -0.496 e. The highest BCUT2D eigenvalue weighted by Gasteiger charge is 2.24. The summed E-state index contributed by atoms with van der Waals surface area (Å²) in [5.74, 6) is 0.780. The van der Waals surface area contributed by atoms with Gasteiger partial charge >= 0.3 is 0 Å². The third-order valence-electron chi connectivity index (χ3n) is 6.06. The van der Waals surface area contributed by atoms with Crippen molar-refractivity contribution in [3.05, 3.63) is 106 Å². The Labute approximate surface area is 181 Å². The fraction of sp³-hybridized carbons (Fsp3) is 0.231. The summed E-state index contributed by atoms with van der Waals surface area (Å²) in [7, 11) is 1.66. The fourth-order valence-corrected chi connectivity index (χ4v) is 4.55. The zero-order valence-electron chi connectivity index (χ0n) is 17.6. The van der Waals surface area contributed by atoms with Crippen molar-refractivity contribution in [3.8, 4) is 5.75 Å². The topological polar surface area (TPSA) is 47.4 Å². The minimum atomic E-state index is 0.0462. The average molecular weight is 412 g/mol. The predicted molar refractivity (Wildman–Crippen MR) is 122 cm³/mol. The summed E-state index contributed by atoms with van der Waals surface area (Å²) < 4.78 is 7.33. The first-order chi connectivity index (χ1) is 15.2. The molecule has 0 radical (unpaired) electrons. The van der Waals surface area contributed by atoms with E-state index in [1.807, 2.05) is 36.4 Å². The molecule has 3 heterocycles. The lowest BCUT2D eigenvalue weighted by atomic mass is 9.97. The summed E-state index contributed by atoms with van der Waals surface area (Å²) in [6.45, 7) is 2.86. The lowest BCUT2D eigenvalue weighted by Crippen LogP contribution is -2.37. The van der Waals surface area contributed by atoms with E-state index in [1.54, 1.807) is 17.9 Å². The van der Waals surface area contributed by atoms with Crippen LogP contribution >= 0.6 is 0 Å². The van der Waals surface area contributed by atoms with Crippen LogP contribution < -0.4 is 10.3 Å². The molecule has 1 aliphatic heterocycles. The lowest BCUT2D eigenvalue weighted by molar-refractivity contribution is 0.244. The van der Waals surface area contributed by atoms with Crippen molar-refractivity contribution in [3.63, 3.8) is 0 Å². The van der Waals surface area contributed by atoms with Crippen LogP contribution in [0.2, 0.25) is 0 Å². The summed E-state index contributed by atoms with van der Waals surface area (Å²) in [5, 5.41) is 1.08. The number of pyridine rings is 2. The van der Waals surface area contributed by atoms with Crippen LogP contribution in [0.4, 0.5) is 0 Å². The Kier molecular flexibility index (Phi) is 5.26. The molecule has 0 saturated heterocycles. The second-order valence-electron chi connectivity index (χ2n) is 7.98. The lowest BCUT2D eigenvalue weighted by Gasteiger charge is -2.30. The molecule has 1 aliphatic rings. The first-order valence-corrected chi connectivity index (χ1v) is 10.6. The van der Waals surface area contributed by atoms with E-state index in [9.17, 15) is 4.79 Å². The normalized spacial score (nSPS) is 13.8. The minimum absolute atomic E-state index is 0.0462. The van der Waals surface area contributed by atoms with E-state index in [1.165, 1.54) is 5.56 Å². The molecule has 0 fully saturated rings. The molecule has 156 valence electrons. The van der Waals surface area contributed by atoms with Gasteiger partial charge in [-0.25, -0.2) is 4.98 Å². The Morgan fingerprint density at radius 3 is 2.58 bits per heavy atom. The molecule has 5 rings (SSSR count). The predicted octanol–water partition coefficient (Wildman–Crippen LogP) is 4.01. The van der Waals surface area contributed by atoms with Crippen LogP contribution in [0.3, 0.4) is 0 Å². The number of methoxy groups -OCH3 is 1. The molecular formula is C26H25N3O2. The van der Waals surface area contributed by atoms with Gasteiger partial charge in [-0.15, -0.1) is 0 Å². The highest BCUT2D eigenvalue weighted by atomic mass is 16.5. The van der Waals surface area contributed by atoms with Gasteiger partial charge in [-0.1, -0.05) is 48.5 Å². The number of aromatic nitrogens is 2. The van der Waals surface area contributed by atoms with Crippen LogP contribution in [-0.4, -0.2) is 28.1 Å². The van der Waals surface area contributed by atoms with Crippen LogP contribution in [0.5, 0.6) is 5.75 Å². The molecule has 0 saturated carbocycles. The molecule has 4 aromatic rings. The van der Waals surface area contributed by atoms with Gasteiger partial charge in [-0.3, -0.25) is 14.3 Å². The Hall–Kier alpha value is -3.44. The number of ether oxygens (including phenoxy) is 1. The highest BCUT2D eigenvalue weighted by Crippen LogP contribution is 2.26. The maximum Gasteiger partial charge on any atom is 0.257 e. The molecule has 0 spiro atoms. The summed E-state index contributed by atoms with van der Waals surface area (Å²) in [6.07, 6.45) is 2.62. The maximum absolute atomic E-state index is 13.7. The first-order valence-electron chi connectivity index (χ1n) is 10.6. The van der Waals surface area contributed by atoms with Gasteiger partial charge in [0.15, 0.2) is 0 Å². The number of nitrogens with zero attached hydrogens (tertiary/aromatic N) is 3. The fourth-order valence-electron chi connectivity index (χ4n) is 4.55. The summed E-state index contributed by atoms with van der Waals surface area (Å²) in [6, 6.07) is 22.3. The Morgan fingerprint density at radius 1 is 0.935 bits per heavy atom. The SMILES string of the molecule is COc1ccccc1Cn1c(=O)c2c(c3cccnc31)CCN(Cc1ccccc1)C2. The van der Waals surface area contributed by atoms with E-state index in [4.69, 9.17) is 4.74 Å². The zero-order valence-corrected chi connectivity index (χ0v) is 17.6. The smallest absolute Gasteiger partial charge is 0.257 e. The molecular weight excluding hydrogens is 386 g/mol. The van der Waals surface area contributed by atoms with Gasteiger partial charge in [0.25, 0.3) is 5.56 Å². The largest absolute Gasteiger partial charge is 0.496 e. The van der Waals surface area contributed by atoms with Gasteiger partial charge in [0.05, 0.1) is 13.7 Å². The summed E-state index contributed by atoms with van der Waals surface area (Å²) >= 11 is 0. The number of hydrogen-bond donors (Lipinski definition) is 0. The monoisotopic (exact) mass is 411 g/mol. The number of para-hydroxylation sites is 1. The van der Waals surface area contributed by atoms with Crippen molar-refractivity contribution in [2.24, 2.45) is 0 Å². The highest BCUT2D eigenvalue weighted by molar-refractivity contribution is 5.80. The van der Waals surface area contributed by atoms with Gasteiger partial charge in [0.2, 0.25) is 0 Å². The molecule has 0 aliphatic carbocycles. The van der Waals surface area contributed by atoms with E-state index >= 15 is 0 Å². The second kappa shape index (κ2) is 8.36. The molecule has 0 N–H and O–H groups in total. The molecule has 2 aromatic carbocycles. The molecule has 0 atom stereocenters. The van der Waals surface area contributed by atoms with Crippen LogP contribution in [0.1, 0.15) is 22.3 Å². The number of fused-ring (bicyclic) bond motifs is 3. The van der Waals surface area contributed by atoms with Crippen molar-refractivity contribution >= 4 is 11.0 Å². The summed E-state index contributed by atoms with van der Waals surface area (Å²) in [5.41, 5.74) is 5.06. The molecule has 0 unspecified atom stereocenters. The van der Waals surface area contributed by atoms with E-state index in [0.29, 0.717) is 13.1 Å². The van der Waals surface area contributed by atoms with Gasteiger partial charge in [0.1, 0.15) is 11.4 Å². The van der Waals surface area contributed by atoms with Gasteiger partial charge in [-0.2, -0.15) is 0 Å². The first kappa shape index (κ1) is 19.5. The summed E-state index contributed by atoms with van der Waals surface area (Å²) in [4.78, 5) is 20.6. The number of benzene rings is 2. The third kappa shape index (κ3) is 3.73. The average Bonchev–Trinajstić information content (AvgIpc) is 2.82. The van der Waals surface area contributed by atoms with Gasteiger partial charge < -0.3 is 4.74 Å². The van der Waals surface area contributed by atoms with Crippen molar-refractivity contribution in [2.45, 2.75) is 26.1 Å². The van der Waals surface area contributed by atoms with Gasteiger partial charge in [-0.05, 0) is 35.7 Å². The van der Waals surface area contributed by atoms with Crippen molar-refractivity contribution in [1.29, 1.82) is 0 Å². The maximum atomic E-state index is 13.7. The standard InChI is InChI=1S/C26H25N3O2/c1-31-24-12-6-5-10-20(24)17-29-25-22(11-7-14-27-25)21-13-15-28(18-23(21)26(29)30)16-19-8-3-2-4-9-19/h2-12,14H,13,15-18H2,1H3. The zero-order chi connectivity index (χ0) is 21.2. The molecule has 31 heavy (non-hydrogen) atoms. The van der Waals surface area contributed by atoms with Crippen LogP contribution in [-0.2, 0) is 26.1 Å². The quantitative estimate of drug-likeness (QED) is 0.498. The van der Waals surface area contributed by atoms with E-state index in [0.717, 1.165) is 53.0 Å². The van der Waals surface area contributed by atoms with Crippen molar-refractivity contribution in [1.82, 2.24) is 14.5 Å². The van der Waals surface area contributed by atoms with E-state index < -0.39 is 0 Å².